The summed E-state index contributed by atoms with van der Waals surface area (Å²) in [5.74, 6) is -1.98. The van der Waals surface area contributed by atoms with Crippen molar-refractivity contribution in [3.05, 3.63) is 179 Å². The second-order valence-electron chi connectivity index (χ2n) is 15.1. The number of carbonyl (C=O) groups excluding carboxylic acids is 2. The van der Waals surface area contributed by atoms with Crippen LogP contribution >= 0.6 is 0 Å². The van der Waals surface area contributed by atoms with Crippen molar-refractivity contribution in [2.24, 2.45) is 0 Å². The Morgan fingerprint density at radius 1 is 0.635 bits per heavy atom. The minimum atomic E-state index is -4.03. The molecule has 0 radical (unpaired) electrons. The molecule has 0 bridgehead atoms. The molecule has 0 aliphatic carbocycles. The number of pyridine rings is 1. The van der Waals surface area contributed by atoms with Gasteiger partial charge in [0.05, 0.1) is 47.1 Å². The quantitative estimate of drug-likeness (QED) is 0.111. The highest BCUT2D eigenvalue weighted by atomic mass is 32.2. The van der Waals surface area contributed by atoms with Crippen molar-refractivity contribution < 1.29 is 39.9 Å². The maximum atomic E-state index is 14.5. The Morgan fingerprint density at radius 3 is 1.59 bits per heavy atom. The number of sulfonamides is 2. The van der Waals surface area contributed by atoms with Gasteiger partial charge in [-0.05, 0) is 111 Å². The smallest absolute Gasteiger partial charge is 0.266 e. The van der Waals surface area contributed by atoms with Gasteiger partial charge in [-0.1, -0.05) is 60.7 Å². The molecule has 2 heterocycles. The predicted octanol–water partition coefficient (Wildman–Crippen LogP) is 8.05. The summed E-state index contributed by atoms with van der Waals surface area (Å²) in [5.41, 5.74) is 2.26. The molecular formula is C47H47F2N5O7S2. The summed E-state index contributed by atoms with van der Waals surface area (Å²) in [6, 6.07) is 33.0. The summed E-state index contributed by atoms with van der Waals surface area (Å²) in [6.45, 7) is 7.59. The van der Waals surface area contributed by atoms with Crippen molar-refractivity contribution in [2.45, 2.75) is 69.1 Å². The Balaban J connectivity index is 0.000000211. The number of amides is 2. The number of fused-ring (bicyclic) bond motifs is 1. The summed E-state index contributed by atoms with van der Waals surface area (Å²) in [5, 5.41) is 5.28. The average Bonchev–Trinajstić information content (AvgIpc) is 3.74. The van der Waals surface area contributed by atoms with E-state index < -0.39 is 43.5 Å². The molecule has 0 spiro atoms. The lowest BCUT2D eigenvalue weighted by molar-refractivity contribution is 0.0930. The SMILES string of the molecule is CC(C)NC(=O)c1cc(N(Cc2ccccc2)S(=O)(=O)c2ccc3c(c2)CCO3)ccc1F.CC(C)NC(=O)c1cc(N(Cc2ccccc2)S(=O)(=O)c2cccnc2)ccc1F. The van der Waals surface area contributed by atoms with Crippen LogP contribution in [0, 0.1) is 11.6 Å². The van der Waals surface area contributed by atoms with E-state index in [2.05, 4.69) is 15.6 Å². The van der Waals surface area contributed by atoms with E-state index in [0.29, 0.717) is 18.8 Å². The zero-order valence-corrected chi connectivity index (χ0v) is 36.7. The van der Waals surface area contributed by atoms with Crippen molar-refractivity contribution in [2.75, 3.05) is 15.2 Å². The fourth-order valence-electron chi connectivity index (χ4n) is 6.57. The molecule has 5 aromatic carbocycles. The summed E-state index contributed by atoms with van der Waals surface area (Å²) >= 11 is 0. The number of anilines is 2. The third-order valence-corrected chi connectivity index (χ3v) is 13.1. The number of hydrogen-bond acceptors (Lipinski definition) is 8. The van der Waals surface area contributed by atoms with Gasteiger partial charge in [0.1, 0.15) is 22.3 Å². The standard InChI is InChI=1S/C25H25FN2O4S.C22H22FN3O3S/c1-17(2)27-25(29)22-15-20(8-10-23(22)26)28(16-18-6-4-3-5-7-18)33(30,31)21-9-11-24-19(14-21)12-13-32-24;1-16(2)25-22(27)20-13-18(10-11-21(20)23)26(15-17-7-4-3-5-8-17)30(28,29)19-9-6-12-24-14-19/h3-11,14-15,17H,12-13,16H2,1-2H3,(H,27,29);3-14,16H,15H2,1-2H3,(H,25,27). The van der Waals surface area contributed by atoms with E-state index in [0.717, 1.165) is 33.1 Å². The minimum Gasteiger partial charge on any atom is -0.493 e. The van der Waals surface area contributed by atoms with Crippen LogP contribution in [0.3, 0.4) is 0 Å². The van der Waals surface area contributed by atoms with Crippen molar-refractivity contribution in [3.8, 4) is 5.75 Å². The largest absolute Gasteiger partial charge is 0.493 e. The van der Waals surface area contributed by atoms with Gasteiger partial charge in [0, 0.05) is 30.9 Å². The number of benzene rings is 5. The second-order valence-corrected chi connectivity index (χ2v) is 18.9. The van der Waals surface area contributed by atoms with Gasteiger partial charge < -0.3 is 15.4 Å². The number of halogens is 2. The zero-order chi connectivity index (χ0) is 45.3. The molecule has 1 aliphatic heterocycles. The van der Waals surface area contributed by atoms with Gasteiger partial charge in [0.25, 0.3) is 31.9 Å². The van der Waals surface area contributed by atoms with E-state index >= 15 is 0 Å². The summed E-state index contributed by atoms with van der Waals surface area (Å²) in [7, 11) is -8.04. The first-order valence-electron chi connectivity index (χ1n) is 20.0. The van der Waals surface area contributed by atoms with E-state index in [-0.39, 0.29) is 57.5 Å². The number of carbonyl (C=O) groups is 2. The van der Waals surface area contributed by atoms with E-state index in [1.165, 1.54) is 59.2 Å². The molecule has 0 atom stereocenters. The molecule has 7 rings (SSSR count). The Labute approximate surface area is 366 Å². The van der Waals surface area contributed by atoms with Gasteiger partial charge in [-0.2, -0.15) is 0 Å². The molecule has 12 nitrogen and oxygen atoms in total. The Hall–Kier alpha value is -6.65. The number of ether oxygens (including phenoxy) is 1. The molecule has 2 amide bonds. The van der Waals surface area contributed by atoms with Crippen LogP contribution in [0.5, 0.6) is 5.75 Å². The molecule has 328 valence electrons. The maximum Gasteiger partial charge on any atom is 0.266 e. The lowest BCUT2D eigenvalue weighted by Gasteiger charge is -2.25. The van der Waals surface area contributed by atoms with Crippen LogP contribution in [0.4, 0.5) is 20.2 Å². The number of nitrogens with one attached hydrogen (secondary N) is 2. The molecule has 1 aromatic heterocycles. The molecule has 63 heavy (non-hydrogen) atoms. The topological polar surface area (TPSA) is 155 Å². The van der Waals surface area contributed by atoms with Crippen LogP contribution in [0.25, 0.3) is 0 Å². The second kappa shape index (κ2) is 20.0. The van der Waals surface area contributed by atoms with Crippen LogP contribution in [0.2, 0.25) is 0 Å². The molecule has 0 saturated carbocycles. The molecule has 0 unspecified atom stereocenters. The monoisotopic (exact) mass is 895 g/mol. The fraction of sp³-hybridized carbons (Fsp3) is 0.213. The fourth-order valence-corrected chi connectivity index (χ4v) is 9.48. The minimum absolute atomic E-state index is 0.00145. The van der Waals surface area contributed by atoms with Crippen LogP contribution in [0.15, 0.2) is 150 Å². The highest BCUT2D eigenvalue weighted by Gasteiger charge is 2.30. The first-order valence-corrected chi connectivity index (χ1v) is 22.9. The predicted molar refractivity (Wildman–Crippen MR) is 238 cm³/mol. The summed E-state index contributed by atoms with van der Waals surface area (Å²) < 4.78 is 91.0. The molecule has 1 aliphatic rings. The third-order valence-electron chi connectivity index (χ3n) is 9.61. The maximum absolute atomic E-state index is 14.5. The highest BCUT2D eigenvalue weighted by Crippen LogP contribution is 2.33. The third kappa shape index (κ3) is 11.2. The molecule has 0 saturated heterocycles. The Morgan fingerprint density at radius 2 is 1.13 bits per heavy atom. The Bertz CT molecular complexity index is 2780. The van der Waals surface area contributed by atoms with E-state index in [1.807, 2.05) is 36.4 Å². The molecule has 6 aromatic rings. The van der Waals surface area contributed by atoms with Crippen LogP contribution in [-0.2, 0) is 39.6 Å². The summed E-state index contributed by atoms with van der Waals surface area (Å²) in [4.78, 5) is 28.9. The van der Waals surface area contributed by atoms with Gasteiger partial charge >= 0.3 is 0 Å². The van der Waals surface area contributed by atoms with E-state index in [9.17, 15) is 35.2 Å². The lowest BCUT2D eigenvalue weighted by Crippen LogP contribution is -2.33. The number of nitrogens with zero attached hydrogens (tertiary/aromatic N) is 3. The molecule has 0 fully saturated rings. The van der Waals surface area contributed by atoms with E-state index in [4.69, 9.17) is 4.74 Å². The van der Waals surface area contributed by atoms with Crippen LogP contribution < -0.4 is 24.0 Å². The lowest BCUT2D eigenvalue weighted by atomic mass is 10.1. The molecule has 2 N–H and O–H groups in total. The van der Waals surface area contributed by atoms with Gasteiger partial charge in [0.15, 0.2) is 0 Å². The van der Waals surface area contributed by atoms with Crippen LogP contribution in [-0.4, -0.2) is 52.3 Å². The van der Waals surface area contributed by atoms with Crippen LogP contribution in [0.1, 0.15) is 65.1 Å². The first kappa shape index (κ1) is 45.9. The van der Waals surface area contributed by atoms with Gasteiger partial charge in [-0.3, -0.25) is 23.2 Å². The molecule has 16 heteroatoms. The van der Waals surface area contributed by atoms with Crippen molar-refractivity contribution >= 4 is 43.2 Å². The first-order chi connectivity index (χ1) is 30.0. The van der Waals surface area contributed by atoms with Gasteiger partial charge in [-0.25, -0.2) is 25.6 Å². The van der Waals surface area contributed by atoms with Crippen molar-refractivity contribution in [1.82, 2.24) is 15.6 Å². The average molecular weight is 896 g/mol. The Kier molecular flexibility index (Phi) is 14.6. The summed E-state index contributed by atoms with van der Waals surface area (Å²) in [6.07, 6.45) is 3.36. The van der Waals surface area contributed by atoms with Crippen molar-refractivity contribution in [1.29, 1.82) is 0 Å². The van der Waals surface area contributed by atoms with Crippen molar-refractivity contribution in [3.63, 3.8) is 0 Å². The normalized spacial score (nSPS) is 12.1. The number of hydrogen-bond donors (Lipinski definition) is 2. The number of rotatable bonds is 14. The van der Waals surface area contributed by atoms with Gasteiger partial charge in [-0.15, -0.1) is 0 Å². The number of aromatic nitrogens is 1. The molecular weight excluding hydrogens is 849 g/mol. The van der Waals surface area contributed by atoms with E-state index in [1.54, 1.807) is 64.1 Å². The van der Waals surface area contributed by atoms with Gasteiger partial charge in [0.2, 0.25) is 0 Å². The zero-order valence-electron chi connectivity index (χ0n) is 35.0. The highest BCUT2D eigenvalue weighted by molar-refractivity contribution is 7.93.